The van der Waals surface area contributed by atoms with Crippen molar-refractivity contribution >= 4 is 15.9 Å². The van der Waals surface area contributed by atoms with E-state index in [1.54, 1.807) is 7.05 Å². The maximum absolute atomic E-state index is 11.9. The van der Waals surface area contributed by atoms with Crippen LogP contribution in [0.15, 0.2) is 44.4 Å². The predicted molar refractivity (Wildman–Crippen MR) is 86.3 cm³/mol. The maximum atomic E-state index is 11.9. The van der Waals surface area contributed by atoms with Crippen molar-refractivity contribution in [2.45, 2.75) is 19.5 Å². The van der Waals surface area contributed by atoms with Gasteiger partial charge in [0.1, 0.15) is 0 Å². The Bertz CT molecular complexity index is 764. The molecular formula is C15H18BrN3O2. The Balaban J connectivity index is 2.17. The molecule has 21 heavy (non-hydrogen) atoms. The first kappa shape index (κ1) is 15.7. The first-order valence-corrected chi connectivity index (χ1v) is 7.44. The second kappa shape index (κ2) is 6.41. The van der Waals surface area contributed by atoms with Crippen LogP contribution in [0.3, 0.4) is 0 Å². The van der Waals surface area contributed by atoms with Gasteiger partial charge in [0, 0.05) is 42.9 Å². The van der Waals surface area contributed by atoms with Gasteiger partial charge in [-0.05, 0) is 24.6 Å². The highest BCUT2D eigenvalue weighted by molar-refractivity contribution is 9.10. The van der Waals surface area contributed by atoms with E-state index in [9.17, 15) is 9.59 Å². The molecule has 0 saturated heterocycles. The van der Waals surface area contributed by atoms with Gasteiger partial charge in [0.2, 0.25) is 0 Å². The van der Waals surface area contributed by atoms with E-state index in [4.69, 9.17) is 0 Å². The Morgan fingerprint density at radius 2 is 1.90 bits per heavy atom. The molecule has 0 fully saturated rings. The average molecular weight is 352 g/mol. The number of benzene rings is 1. The first-order chi connectivity index (χ1) is 9.90. The summed E-state index contributed by atoms with van der Waals surface area (Å²) in [6, 6.07) is 9.63. The lowest BCUT2D eigenvalue weighted by Gasteiger charge is -2.16. The minimum absolute atomic E-state index is 0.113. The van der Waals surface area contributed by atoms with Crippen molar-refractivity contribution in [3.63, 3.8) is 0 Å². The van der Waals surface area contributed by atoms with Crippen molar-refractivity contribution in [1.82, 2.24) is 14.5 Å². The summed E-state index contributed by atoms with van der Waals surface area (Å²) in [6.45, 7) is 2.50. The number of halogens is 1. The minimum atomic E-state index is -0.311. The van der Waals surface area contributed by atoms with Crippen molar-refractivity contribution in [2.75, 3.05) is 0 Å². The van der Waals surface area contributed by atoms with Crippen molar-refractivity contribution < 1.29 is 0 Å². The van der Waals surface area contributed by atoms with E-state index < -0.39 is 0 Å². The van der Waals surface area contributed by atoms with Gasteiger partial charge >= 0.3 is 5.69 Å². The number of nitrogens with zero attached hydrogens (tertiary/aromatic N) is 2. The zero-order valence-corrected chi connectivity index (χ0v) is 13.8. The Morgan fingerprint density at radius 1 is 1.19 bits per heavy atom. The lowest BCUT2D eigenvalue weighted by Crippen LogP contribution is -2.39. The van der Waals surface area contributed by atoms with E-state index in [0.717, 1.165) is 14.6 Å². The molecule has 1 N–H and O–H groups in total. The molecule has 0 aliphatic carbocycles. The summed E-state index contributed by atoms with van der Waals surface area (Å²) in [6.07, 6.45) is 0. The van der Waals surface area contributed by atoms with Gasteiger partial charge in [-0.1, -0.05) is 28.1 Å². The zero-order chi connectivity index (χ0) is 15.6. The number of hydrogen-bond acceptors (Lipinski definition) is 3. The summed E-state index contributed by atoms with van der Waals surface area (Å²) >= 11 is 3.45. The summed E-state index contributed by atoms with van der Waals surface area (Å²) in [4.78, 5) is 23.5. The van der Waals surface area contributed by atoms with E-state index in [-0.39, 0.29) is 17.3 Å². The molecule has 0 bridgehead atoms. The summed E-state index contributed by atoms with van der Waals surface area (Å²) in [7, 11) is 3.15. The Morgan fingerprint density at radius 3 is 2.57 bits per heavy atom. The topological polar surface area (TPSA) is 56.0 Å². The third-order valence-electron chi connectivity index (χ3n) is 3.56. The molecule has 2 aromatic rings. The first-order valence-electron chi connectivity index (χ1n) is 6.65. The van der Waals surface area contributed by atoms with E-state index in [0.29, 0.717) is 12.2 Å². The van der Waals surface area contributed by atoms with Crippen LogP contribution in [0, 0.1) is 0 Å². The third-order valence-corrected chi connectivity index (χ3v) is 4.06. The maximum Gasteiger partial charge on any atom is 0.330 e. The molecule has 1 aromatic carbocycles. The number of nitrogens with one attached hydrogen (secondary N) is 1. The predicted octanol–water partition coefficient (Wildman–Crippen LogP) is 1.70. The Hall–Kier alpha value is -1.66. The zero-order valence-electron chi connectivity index (χ0n) is 12.3. The van der Waals surface area contributed by atoms with Crippen LogP contribution < -0.4 is 16.6 Å². The van der Waals surface area contributed by atoms with Gasteiger partial charge in [-0.25, -0.2) is 4.79 Å². The lowest BCUT2D eigenvalue weighted by molar-refractivity contribution is 0.540. The van der Waals surface area contributed by atoms with Gasteiger partial charge in [-0.2, -0.15) is 0 Å². The molecule has 0 saturated carbocycles. The van der Waals surface area contributed by atoms with Crippen LogP contribution >= 0.6 is 15.9 Å². The van der Waals surface area contributed by atoms with Crippen molar-refractivity contribution in [3.05, 3.63) is 66.9 Å². The van der Waals surface area contributed by atoms with Gasteiger partial charge in [0.15, 0.2) is 0 Å². The number of rotatable bonds is 4. The highest BCUT2D eigenvalue weighted by atomic mass is 79.9. The van der Waals surface area contributed by atoms with Crippen LogP contribution in [-0.2, 0) is 20.6 Å². The second-order valence-corrected chi connectivity index (χ2v) is 5.95. The smallest absolute Gasteiger partial charge is 0.305 e. The molecule has 5 nitrogen and oxygen atoms in total. The van der Waals surface area contributed by atoms with Gasteiger partial charge in [-0.15, -0.1) is 0 Å². The van der Waals surface area contributed by atoms with Gasteiger partial charge in [0.05, 0.1) is 0 Å². The molecule has 0 aliphatic heterocycles. The average Bonchev–Trinajstić information content (AvgIpc) is 2.47. The van der Waals surface area contributed by atoms with Gasteiger partial charge in [-0.3, -0.25) is 13.9 Å². The van der Waals surface area contributed by atoms with E-state index in [2.05, 4.69) is 21.2 Å². The van der Waals surface area contributed by atoms with Crippen molar-refractivity contribution in [2.24, 2.45) is 14.1 Å². The molecule has 0 aliphatic rings. The summed E-state index contributed by atoms with van der Waals surface area (Å²) in [5.74, 6) is 0. The molecule has 0 amide bonds. The number of hydrogen-bond donors (Lipinski definition) is 1. The summed E-state index contributed by atoms with van der Waals surface area (Å²) in [5, 5.41) is 3.33. The van der Waals surface area contributed by atoms with Crippen LogP contribution in [0.2, 0.25) is 0 Å². The van der Waals surface area contributed by atoms with Crippen LogP contribution in [0.25, 0.3) is 0 Å². The van der Waals surface area contributed by atoms with Crippen molar-refractivity contribution in [3.8, 4) is 0 Å². The Kier molecular flexibility index (Phi) is 4.80. The molecule has 0 spiro atoms. The standard InChI is InChI=1S/C15H18BrN3O2/c1-10(11-5-4-6-12(16)7-11)17-9-13-8-14(20)19(3)15(21)18(13)2/h4-8,10,17H,9H2,1-3H3/t10-/m1/s1. The highest BCUT2D eigenvalue weighted by Crippen LogP contribution is 2.17. The molecule has 0 radical (unpaired) electrons. The van der Waals surface area contributed by atoms with Crippen LogP contribution in [0.5, 0.6) is 0 Å². The Labute approximate surface area is 131 Å². The fraction of sp³-hybridized carbons (Fsp3) is 0.333. The van der Waals surface area contributed by atoms with E-state index in [1.807, 2.05) is 31.2 Å². The third kappa shape index (κ3) is 3.51. The van der Waals surface area contributed by atoms with Crippen LogP contribution in [0.1, 0.15) is 24.2 Å². The number of aromatic nitrogens is 2. The second-order valence-electron chi connectivity index (χ2n) is 5.03. The molecule has 112 valence electrons. The summed E-state index contributed by atoms with van der Waals surface area (Å²) < 4.78 is 3.61. The highest BCUT2D eigenvalue weighted by Gasteiger charge is 2.09. The SMILES string of the molecule is C[C@@H](NCc1cc(=O)n(C)c(=O)n1C)c1cccc(Br)c1. The van der Waals surface area contributed by atoms with Gasteiger partial charge in [0.25, 0.3) is 5.56 Å². The quantitative estimate of drug-likeness (QED) is 0.911. The summed E-state index contributed by atoms with van der Waals surface area (Å²) in [5.41, 5.74) is 1.21. The van der Waals surface area contributed by atoms with E-state index in [1.165, 1.54) is 17.7 Å². The molecular weight excluding hydrogens is 334 g/mol. The van der Waals surface area contributed by atoms with E-state index >= 15 is 0 Å². The molecule has 1 heterocycles. The van der Waals surface area contributed by atoms with Crippen molar-refractivity contribution in [1.29, 1.82) is 0 Å². The fourth-order valence-corrected chi connectivity index (χ4v) is 2.52. The molecule has 1 aromatic heterocycles. The molecule has 1 atom stereocenters. The molecule has 0 unspecified atom stereocenters. The monoisotopic (exact) mass is 351 g/mol. The van der Waals surface area contributed by atoms with Crippen LogP contribution in [0.4, 0.5) is 0 Å². The lowest BCUT2D eigenvalue weighted by atomic mass is 10.1. The van der Waals surface area contributed by atoms with Crippen LogP contribution in [-0.4, -0.2) is 9.13 Å². The largest absolute Gasteiger partial charge is 0.330 e. The van der Waals surface area contributed by atoms with Gasteiger partial charge < -0.3 is 5.32 Å². The minimum Gasteiger partial charge on any atom is -0.305 e. The molecule has 6 heteroatoms. The normalized spacial score (nSPS) is 12.4. The molecule has 2 rings (SSSR count). The fourth-order valence-electron chi connectivity index (χ4n) is 2.10.